The summed E-state index contributed by atoms with van der Waals surface area (Å²) in [6.07, 6.45) is 3.09. The van der Waals surface area contributed by atoms with Crippen LogP contribution in [0.25, 0.3) is 11.6 Å². The summed E-state index contributed by atoms with van der Waals surface area (Å²) in [5.41, 5.74) is 4.98. The van der Waals surface area contributed by atoms with Gasteiger partial charge in [-0.25, -0.2) is 0 Å². The Bertz CT molecular complexity index is 978. The standard InChI is InChI=1S/C22H22N2O3/c1-12-8-16-9-15(4-7-21(16)27-13(12)2)10-19-18-6-5-17(23-14(3)25)11-20(18)24-22(19)26/h4-7,9-13H,8H2,1-3H3,(H,23,25)(H,24,26). The summed E-state index contributed by atoms with van der Waals surface area (Å²) in [7, 11) is 0. The van der Waals surface area contributed by atoms with Gasteiger partial charge in [0.1, 0.15) is 5.75 Å². The summed E-state index contributed by atoms with van der Waals surface area (Å²) >= 11 is 0. The van der Waals surface area contributed by atoms with E-state index >= 15 is 0 Å². The van der Waals surface area contributed by atoms with E-state index in [1.807, 2.05) is 24.3 Å². The van der Waals surface area contributed by atoms with Crippen LogP contribution in [0.2, 0.25) is 0 Å². The van der Waals surface area contributed by atoms with E-state index in [-0.39, 0.29) is 17.9 Å². The van der Waals surface area contributed by atoms with E-state index in [0.717, 1.165) is 23.3 Å². The monoisotopic (exact) mass is 362 g/mol. The largest absolute Gasteiger partial charge is 0.490 e. The predicted octanol–water partition coefficient (Wildman–Crippen LogP) is 4.10. The first-order chi connectivity index (χ1) is 12.9. The van der Waals surface area contributed by atoms with Crippen molar-refractivity contribution in [2.24, 2.45) is 5.92 Å². The number of ether oxygens (including phenoxy) is 1. The van der Waals surface area contributed by atoms with Crippen LogP contribution in [0.5, 0.6) is 5.75 Å². The van der Waals surface area contributed by atoms with Gasteiger partial charge in [0.2, 0.25) is 5.91 Å². The van der Waals surface area contributed by atoms with Crippen LogP contribution in [0.3, 0.4) is 0 Å². The number of anilines is 2. The van der Waals surface area contributed by atoms with E-state index < -0.39 is 0 Å². The highest BCUT2D eigenvalue weighted by Gasteiger charge is 2.26. The lowest BCUT2D eigenvalue weighted by Crippen LogP contribution is -2.27. The molecule has 0 fully saturated rings. The van der Waals surface area contributed by atoms with Crippen molar-refractivity contribution in [3.05, 3.63) is 53.1 Å². The van der Waals surface area contributed by atoms with E-state index in [0.29, 0.717) is 22.9 Å². The van der Waals surface area contributed by atoms with Gasteiger partial charge in [0.25, 0.3) is 5.91 Å². The molecule has 0 radical (unpaired) electrons. The smallest absolute Gasteiger partial charge is 0.256 e. The molecule has 0 saturated carbocycles. The fourth-order valence-electron chi connectivity index (χ4n) is 3.58. The van der Waals surface area contributed by atoms with Crippen LogP contribution in [-0.4, -0.2) is 17.9 Å². The van der Waals surface area contributed by atoms with Crippen molar-refractivity contribution >= 4 is 34.8 Å². The molecule has 0 saturated heterocycles. The third kappa shape index (κ3) is 3.33. The third-order valence-electron chi connectivity index (χ3n) is 5.17. The number of hydrogen-bond acceptors (Lipinski definition) is 3. The van der Waals surface area contributed by atoms with Crippen LogP contribution in [0.4, 0.5) is 11.4 Å². The molecule has 0 bridgehead atoms. The zero-order chi connectivity index (χ0) is 19.1. The fourth-order valence-corrected chi connectivity index (χ4v) is 3.58. The van der Waals surface area contributed by atoms with Gasteiger partial charge in [-0.15, -0.1) is 0 Å². The second-order valence-electron chi connectivity index (χ2n) is 7.33. The minimum absolute atomic E-state index is 0.138. The molecule has 2 aliphatic heterocycles. The minimum Gasteiger partial charge on any atom is -0.490 e. The van der Waals surface area contributed by atoms with Gasteiger partial charge in [0.05, 0.1) is 11.8 Å². The highest BCUT2D eigenvalue weighted by Crippen LogP contribution is 2.36. The number of hydrogen-bond donors (Lipinski definition) is 2. The fraction of sp³-hybridized carbons (Fsp3) is 0.273. The number of benzene rings is 2. The number of amides is 2. The van der Waals surface area contributed by atoms with Crippen LogP contribution in [0.15, 0.2) is 36.4 Å². The molecule has 2 aliphatic rings. The van der Waals surface area contributed by atoms with E-state index in [1.165, 1.54) is 12.5 Å². The lowest BCUT2D eigenvalue weighted by atomic mass is 9.91. The highest BCUT2D eigenvalue weighted by atomic mass is 16.5. The Morgan fingerprint density at radius 2 is 2.04 bits per heavy atom. The molecule has 2 amide bonds. The Morgan fingerprint density at radius 3 is 2.81 bits per heavy atom. The van der Waals surface area contributed by atoms with Crippen LogP contribution < -0.4 is 15.4 Å². The lowest BCUT2D eigenvalue weighted by molar-refractivity contribution is -0.114. The molecule has 0 aliphatic carbocycles. The van der Waals surface area contributed by atoms with E-state index in [9.17, 15) is 9.59 Å². The maximum absolute atomic E-state index is 12.5. The lowest BCUT2D eigenvalue weighted by Gasteiger charge is -2.29. The van der Waals surface area contributed by atoms with Gasteiger partial charge in [-0.05, 0) is 60.7 Å². The molecule has 0 spiro atoms. The number of rotatable bonds is 2. The summed E-state index contributed by atoms with van der Waals surface area (Å²) in [6, 6.07) is 11.5. The first-order valence-corrected chi connectivity index (χ1v) is 9.15. The second-order valence-corrected chi connectivity index (χ2v) is 7.33. The van der Waals surface area contributed by atoms with Crippen LogP contribution in [-0.2, 0) is 16.0 Å². The number of carbonyl (C=O) groups excluding carboxylic acids is 2. The molecular formula is C22H22N2O3. The molecule has 138 valence electrons. The Kier molecular flexibility index (Phi) is 4.22. The molecule has 5 heteroatoms. The molecule has 5 nitrogen and oxygen atoms in total. The van der Waals surface area contributed by atoms with Gasteiger partial charge < -0.3 is 15.4 Å². The van der Waals surface area contributed by atoms with Crippen molar-refractivity contribution in [3.63, 3.8) is 0 Å². The van der Waals surface area contributed by atoms with Crippen molar-refractivity contribution in [3.8, 4) is 5.75 Å². The van der Waals surface area contributed by atoms with Crippen LogP contribution in [0.1, 0.15) is 37.5 Å². The molecule has 2 aromatic carbocycles. The molecule has 2 atom stereocenters. The molecule has 2 N–H and O–H groups in total. The number of nitrogens with one attached hydrogen (secondary N) is 2. The molecular weight excluding hydrogens is 340 g/mol. The van der Waals surface area contributed by atoms with Gasteiger partial charge in [-0.1, -0.05) is 19.1 Å². The van der Waals surface area contributed by atoms with Crippen LogP contribution in [0, 0.1) is 5.92 Å². The summed E-state index contributed by atoms with van der Waals surface area (Å²) in [6.45, 7) is 5.74. The summed E-state index contributed by atoms with van der Waals surface area (Å²) in [5, 5.41) is 5.61. The van der Waals surface area contributed by atoms with E-state index in [4.69, 9.17) is 4.74 Å². The van der Waals surface area contributed by atoms with Gasteiger partial charge in [-0.2, -0.15) is 0 Å². The van der Waals surface area contributed by atoms with Crippen molar-refractivity contribution < 1.29 is 14.3 Å². The first-order valence-electron chi connectivity index (χ1n) is 9.15. The highest BCUT2D eigenvalue weighted by molar-refractivity contribution is 6.35. The van der Waals surface area contributed by atoms with Crippen molar-refractivity contribution in [2.75, 3.05) is 10.6 Å². The Labute approximate surface area is 158 Å². The quantitative estimate of drug-likeness (QED) is 0.791. The minimum atomic E-state index is -0.144. The van der Waals surface area contributed by atoms with Gasteiger partial charge in [0, 0.05) is 23.7 Å². The molecule has 0 aromatic heterocycles. The molecule has 27 heavy (non-hydrogen) atoms. The summed E-state index contributed by atoms with van der Waals surface area (Å²) < 4.78 is 5.96. The molecule has 4 rings (SSSR count). The second kappa shape index (κ2) is 6.58. The SMILES string of the molecule is CC(=O)Nc1ccc2c(c1)NC(=O)C2=Cc1ccc2c(c1)CC(C)C(C)O2. The Morgan fingerprint density at radius 1 is 1.22 bits per heavy atom. The Hall–Kier alpha value is -3.08. The van der Waals surface area contributed by atoms with Crippen molar-refractivity contribution in [1.82, 2.24) is 0 Å². The summed E-state index contributed by atoms with van der Waals surface area (Å²) in [4.78, 5) is 23.7. The third-order valence-corrected chi connectivity index (χ3v) is 5.17. The Balaban J connectivity index is 1.67. The molecule has 2 heterocycles. The van der Waals surface area contributed by atoms with Gasteiger partial charge in [-0.3, -0.25) is 9.59 Å². The number of fused-ring (bicyclic) bond motifs is 2. The molecule has 2 unspecified atom stereocenters. The topological polar surface area (TPSA) is 67.4 Å². The molecule has 2 aromatic rings. The average molecular weight is 362 g/mol. The zero-order valence-corrected chi connectivity index (χ0v) is 15.6. The van der Waals surface area contributed by atoms with Gasteiger partial charge >= 0.3 is 0 Å². The maximum Gasteiger partial charge on any atom is 0.256 e. The number of carbonyl (C=O) groups is 2. The van der Waals surface area contributed by atoms with Crippen LogP contribution >= 0.6 is 0 Å². The first kappa shape index (κ1) is 17.3. The predicted molar refractivity (Wildman–Crippen MR) is 107 cm³/mol. The summed E-state index contributed by atoms with van der Waals surface area (Å²) in [5.74, 6) is 1.11. The van der Waals surface area contributed by atoms with E-state index in [2.05, 4.69) is 30.5 Å². The maximum atomic E-state index is 12.5. The normalized spacial score (nSPS) is 21.9. The van der Waals surface area contributed by atoms with Crippen molar-refractivity contribution in [1.29, 1.82) is 0 Å². The zero-order valence-electron chi connectivity index (χ0n) is 15.6. The average Bonchev–Trinajstić information content (AvgIpc) is 2.90. The van der Waals surface area contributed by atoms with Crippen molar-refractivity contribution in [2.45, 2.75) is 33.3 Å². The van der Waals surface area contributed by atoms with Gasteiger partial charge in [0.15, 0.2) is 0 Å². The van der Waals surface area contributed by atoms with E-state index in [1.54, 1.807) is 12.1 Å².